The minimum absolute atomic E-state index is 0.0363. The third-order valence-corrected chi connectivity index (χ3v) is 5.65. The fraction of sp³-hybridized carbons (Fsp3) is 0.167. The maximum atomic E-state index is 12.5. The van der Waals surface area contributed by atoms with Crippen molar-refractivity contribution in [1.29, 1.82) is 0 Å². The zero-order valence-corrected chi connectivity index (χ0v) is 18.8. The zero-order chi connectivity index (χ0) is 24.1. The number of halogens is 1. The van der Waals surface area contributed by atoms with E-state index in [1.165, 1.54) is 6.07 Å². The van der Waals surface area contributed by atoms with E-state index in [1.54, 1.807) is 35.3 Å². The molecule has 0 aliphatic carbocycles. The predicted octanol–water partition coefficient (Wildman–Crippen LogP) is 4.46. The molecule has 1 fully saturated rings. The van der Waals surface area contributed by atoms with E-state index in [-0.39, 0.29) is 11.7 Å². The first kappa shape index (κ1) is 23.1. The standard InChI is InChI=1S/C24H21ClN4O5/c25-19-16-18(26-24(31)21-9-11-23(34-21)29(32)33)7-8-20(19)27-12-14-28(15-13-27)22(30)10-6-17-4-2-1-3-5-17/h1-11,16H,12-15H2,(H,26,31)/b10-6-. The van der Waals surface area contributed by atoms with Gasteiger partial charge >= 0.3 is 5.88 Å². The van der Waals surface area contributed by atoms with Gasteiger partial charge in [0, 0.05) is 37.9 Å². The molecule has 2 aromatic carbocycles. The van der Waals surface area contributed by atoms with Crippen molar-refractivity contribution < 1.29 is 18.9 Å². The minimum Gasteiger partial charge on any atom is -0.395 e. The molecule has 1 aliphatic rings. The molecule has 0 atom stereocenters. The molecule has 174 valence electrons. The highest BCUT2D eigenvalue weighted by Gasteiger charge is 2.22. The monoisotopic (exact) mass is 480 g/mol. The fourth-order valence-electron chi connectivity index (χ4n) is 3.59. The Morgan fingerprint density at radius 3 is 2.41 bits per heavy atom. The number of furan rings is 1. The van der Waals surface area contributed by atoms with E-state index in [1.807, 2.05) is 30.3 Å². The van der Waals surface area contributed by atoms with Crippen LogP contribution in [0.5, 0.6) is 0 Å². The summed E-state index contributed by atoms with van der Waals surface area (Å²) in [6.45, 7) is 2.35. The summed E-state index contributed by atoms with van der Waals surface area (Å²) in [7, 11) is 0. The van der Waals surface area contributed by atoms with Crippen LogP contribution in [0.25, 0.3) is 6.08 Å². The summed E-state index contributed by atoms with van der Waals surface area (Å²) >= 11 is 6.46. The van der Waals surface area contributed by atoms with Gasteiger partial charge in [0.2, 0.25) is 5.91 Å². The summed E-state index contributed by atoms with van der Waals surface area (Å²) < 4.78 is 4.91. The van der Waals surface area contributed by atoms with E-state index in [9.17, 15) is 19.7 Å². The van der Waals surface area contributed by atoms with Crippen LogP contribution in [0.2, 0.25) is 5.02 Å². The first-order valence-corrected chi connectivity index (χ1v) is 10.9. The van der Waals surface area contributed by atoms with Gasteiger partial charge in [-0.25, -0.2) is 0 Å². The fourth-order valence-corrected chi connectivity index (χ4v) is 3.89. The van der Waals surface area contributed by atoms with Crippen molar-refractivity contribution in [2.45, 2.75) is 0 Å². The summed E-state index contributed by atoms with van der Waals surface area (Å²) in [5.74, 6) is -1.33. The lowest BCUT2D eigenvalue weighted by atomic mass is 10.2. The second kappa shape index (κ2) is 10.2. The van der Waals surface area contributed by atoms with E-state index in [4.69, 9.17) is 16.0 Å². The number of anilines is 2. The summed E-state index contributed by atoms with van der Waals surface area (Å²) in [6.07, 6.45) is 3.39. The summed E-state index contributed by atoms with van der Waals surface area (Å²) in [6, 6.07) is 17.1. The number of carbonyl (C=O) groups excluding carboxylic acids is 2. The van der Waals surface area contributed by atoms with E-state index in [2.05, 4.69) is 10.2 Å². The SMILES string of the molecule is O=C(Nc1ccc(N2CCN(C(=O)/C=C\c3ccccc3)CC2)c(Cl)c1)c1ccc([N+](=O)[O-])o1. The predicted molar refractivity (Wildman–Crippen MR) is 129 cm³/mol. The normalized spacial score (nSPS) is 13.8. The maximum absolute atomic E-state index is 12.5. The van der Waals surface area contributed by atoms with Crippen LogP contribution < -0.4 is 10.2 Å². The average molecular weight is 481 g/mol. The number of hydrogen-bond acceptors (Lipinski definition) is 6. The van der Waals surface area contributed by atoms with Crippen molar-refractivity contribution in [2.24, 2.45) is 0 Å². The molecule has 0 unspecified atom stereocenters. The molecule has 1 saturated heterocycles. The molecule has 2 heterocycles. The molecule has 1 aromatic heterocycles. The van der Waals surface area contributed by atoms with Gasteiger partial charge in [-0.3, -0.25) is 19.7 Å². The van der Waals surface area contributed by atoms with Crippen LogP contribution in [0.4, 0.5) is 17.3 Å². The molecular weight excluding hydrogens is 460 g/mol. The lowest BCUT2D eigenvalue weighted by molar-refractivity contribution is -0.402. The molecule has 1 aliphatic heterocycles. The molecule has 34 heavy (non-hydrogen) atoms. The Labute approximate surface area is 200 Å². The Morgan fingerprint density at radius 2 is 1.76 bits per heavy atom. The largest absolute Gasteiger partial charge is 0.433 e. The van der Waals surface area contributed by atoms with Crippen molar-refractivity contribution >= 4 is 46.8 Å². The number of hydrogen-bond donors (Lipinski definition) is 1. The van der Waals surface area contributed by atoms with E-state index < -0.39 is 16.7 Å². The smallest absolute Gasteiger partial charge is 0.395 e. The molecule has 0 radical (unpaired) electrons. The van der Waals surface area contributed by atoms with Crippen LogP contribution in [0, 0.1) is 10.1 Å². The van der Waals surface area contributed by atoms with Gasteiger partial charge in [-0.2, -0.15) is 0 Å². The van der Waals surface area contributed by atoms with Crippen LogP contribution in [0.15, 0.2) is 71.2 Å². The first-order valence-electron chi connectivity index (χ1n) is 10.5. The Kier molecular flexibility index (Phi) is 6.93. The quantitative estimate of drug-likeness (QED) is 0.317. The molecule has 0 bridgehead atoms. The highest BCUT2D eigenvalue weighted by molar-refractivity contribution is 6.33. The van der Waals surface area contributed by atoms with Gasteiger partial charge in [0.25, 0.3) is 5.91 Å². The minimum atomic E-state index is -0.713. The number of piperazine rings is 1. The highest BCUT2D eigenvalue weighted by Crippen LogP contribution is 2.30. The Morgan fingerprint density at radius 1 is 1.03 bits per heavy atom. The van der Waals surface area contributed by atoms with Gasteiger partial charge in [-0.15, -0.1) is 0 Å². The number of carbonyl (C=O) groups is 2. The molecule has 3 aromatic rings. The van der Waals surface area contributed by atoms with Crippen LogP contribution in [-0.2, 0) is 4.79 Å². The topological polar surface area (TPSA) is 109 Å². The maximum Gasteiger partial charge on any atom is 0.433 e. The van der Waals surface area contributed by atoms with Gasteiger partial charge in [-0.1, -0.05) is 41.9 Å². The number of rotatable bonds is 6. The Bertz CT molecular complexity index is 1230. The van der Waals surface area contributed by atoms with E-state index in [0.717, 1.165) is 17.3 Å². The molecule has 10 heteroatoms. The third kappa shape index (κ3) is 5.44. The molecular formula is C24H21ClN4O5. The second-order valence-corrected chi connectivity index (χ2v) is 7.98. The van der Waals surface area contributed by atoms with Crippen molar-refractivity contribution in [1.82, 2.24) is 4.90 Å². The molecule has 4 rings (SSSR count). The molecule has 0 spiro atoms. The van der Waals surface area contributed by atoms with Crippen molar-refractivity contribution in [3.8, 4) is 0 Å². The van der Waals surface area contributed by atoms with Crippen molar-refractivity contribution in [3.63, 3.8) is 0 Å². The lowest BCUT2D eigenvalue weighted by Gasteiger charge is -2.36. The van der Waals surface area contributed by atoms with Crippen molar-refractivity contribution in [2.75, 3.05) is 36.4 Å². The number of benzene rings is 2. The van der Waals surface area contributed by atoms with Gasteiger partial charge in [0.1, 0.15) is 4.92 Å². The first-order chi connectivity index (χ1) is 16.4. The van der Waals surface area contributed by atoms with Crippen molar-refractivity contribution in [3.05, 3.63) is 93.2 Å². The Hall–Kier alpha value is -4.11. The van der Waals surface area contributed by atoms with E-state index in [0.29, 0.717) is 36.9 Å². The van der Waals surface area contributed by atoms with Gasteiger partial charge in [-0.05, 0) is 35.9 Å². The summed E-state index contributed by atoms with van der Waals surface area (Å²) in [4.78, 5) is 38.6. The number of nitrogens with one attached hydrogen (secondary N) is 1. The van der Waals surface area contributed by atoms with Gasteiger partial charge < -0.3 is 19.5 Å². The van der Waals surface area contributed by atoms with E-state index >= 15 is 0 Å². The Balaban J connectivity index is 1.33. The van der Waals surface area contributed by atoms with Crippen LogP contribution in [-0.4, -0.2) is 47.8 Å². The van der Waals surface area contributed by atoms with Crippen LogP contribution in [0.1, 0.15) is 16.1 Å². The lowest BCUT2D eigenvalue weighted by Crippen LogP contribution is -2.48. The molecule has 1 N–H and O–H groups in total. The number of nitro groups is 1. The zero-order valence-electron chi connectivity index (χ0n) is 18.0. The summed E-state index contributed by atoms with van der Waals surface area (Å²) in [5.41, 5.74) is 2.19. The summed E-state index contributed by atoms with van der Waals surface area (Å²) in [5, 5.41) is 13.8. The molecule has 9 nitrogen and oxygen atoms in total. The second-order valence-electron chi connectivity index (χ2n) is 7.57. The van der Waals surface area contributed by atoms with Crippen LogP contribution >= 0.6 is 11.6 Å². The van der Waals surface area contributed by atoms with Gasteiger partial charge in [0.05, 0.1) is 16.8 Å². The third-order valence-electron chi connectivity index (χ3n) is 5.35. The van der Waals surface area contributed by atoms with Crippen LogP contribution in [0.3, 0.4) is 0 Å². The molecule has 0 saturated carbocycles. The highest BCUT2D eigenvalue weighted by atomic mass is 35.5. The molecule has 2 amide bonds. The average Bonchev–Trinajstić information content (AvgIpc) is 3.35. The number of amides is 2. The van der Waals surface area contributed by atoms with Gasteiger partial charge in [0.15, 0.2) is 5.76 Å². The number of nitrogens with zero attached hydrogens (tertiary/aromatic N) is 3.